The number of nitrogens with two attached hydrogens (primary N) is 1. The minimum atomic E-state index is 0.492. The zero-order valence-electron chi connectivity index (χ0n) is 17.4. The van der Waals surface area contributed by atoms with Crippen molar-refractivity contribution in [1.82, 2.24) is 25.0 Å². The number of allylic oxidation sites excluding steroid dienone is 1. The first-order chi connectivity index (χ1) is 14.7. The van der Waals surface area contributed by atoms with Crippen molar-refractivity contribution in [3.63, 3.8) is 0 Å². The Hall–Kier alpha value is -3.41. The average molecular weight is 401 g/mol. The van der Waals surface area contributed by atoms with Crippen molar-refractivity contribution < 1.29 is 0 Å². The number of imidazole rings is 1. The van der Waals surface area contributed by atoms with E-state index in [0.717, 1.165) is 50.0 Å². The maximum atomic E-state index is 5.60. The van der Waals surface area contributed by atoms with Crippen LogP contribution in [0.4, 0.5) is 5.95 Å². The molecule has 2 aromatic carbocycles. The molecule has 0 unspecified atom stereocenters. The third-order valence-corrected chi connectivity index (χ3v) is 5.21. The number of aromatic nitrogens is 5. The lowest BCUT2D eigenvalue weighted by Crippen LogP contribution is -1.99. The smallest absolute Gasteiger partial charge is 0.197 e. The first-order valence-electron chi connectivity index (χ1n) is 10.5. The summed E-state index contributed by atoms with van der Waals surface area (Å²) < 4.78 is 1.93. The topological polar surface area (TPSA) is 85.4 Å². The first kappa shape index (κ1) is 19.9. The molecule has 154 valence electrons. The molecule has 0 saturated carbocycles. The average Bonchev–Trinajstić information content (AvgIpc) is 3.36. The van der Waals surface area contributed by atoms with Gasteiger partial charge in [0.05, 0.1) is 18.4 Å². The summed E-state index contributed by atoms with van der Waals surface area (Å²) in [5.41, 5.74) is 10.2. The maximum Gasteiger partial charge on any atom is 0.197 e. The van der Waals surface area contributed by atoms with Gasteiger partial charge < -0.3 is 10.7 Å². The zero-order chi connectivity index (χ0) is 20.8. The van der Waals surface area contributed by atoms with Crippen LogP contribution in [-0.4, -0.2) is 25.0 Å². The summed E-state index contributed by atoms with van der Waals surface area (Å²) in [7, 11) is 0. The van der Waals surface area contributed by atoms with Crippen molar-refractivity contribution in [2.45, 2.75) is 45.6 Å². The number of benzene rings is 2. The van der Waals surface area contributed by atoms with Crippen LogP contribution in [-0.2, 0) is 19.4 Å². The third-order valence-electron chi connectivity index (χ3n) is 5.21. The van der Waals surface area contributed by atoms with Crippen molar-refractivity contribution in [2.24, 2.45) is 0 Å². The Labute approximate surface area is 176 Å². The Bertz CT molecular complexity index is 1140. The number of H-pyrrole nitrogens is 1. The largest absolute Gasteiger partial charge is 0.369 e. The summed E-state index contributed by atoms with van der Waals surface area (Å²) in [4.78, 5) is 7.09. The van der Waals surface area contributed by atoms with Gasteiger partial charge in [0.2, 0.25) is 0 Å². The second-order valence-electron chi connectivity index (χ2n) is 7.86. The van der Waals surface area contributed by atoms with Gasteiger partial charge in [0.25, 0.3) is 0 Å². The van der Waals surface area contributed by atoms with Crippen LogP contribution in [0.15, 0.2) is 60.4 Å². The standard InChI is InChI=1S/C24H28N6/c1-18(13-19-11-12-20-7-5-6-8-21(20)14-19)16-30-17-23(28-29-30)10-4-2-3-9-22-15-26-24(25)27-22/h5-8,11-15,17H,2-4,9-10,16H2,1H3,(H3,25,26,27)/b18-13+. The molecule has 0 spiro atoms. The molecule has 30 heavy (non-hydrogen) atoms. The third kappa shape index (κ3) is 5.35. The number of nitrogens with zero attached hydrogens (tertiary/aromatic N) is 4. The number of rotatable bonds is 9. The van der Waals surface area contributed by atoms with Crippen molar-refractivity contribution in [2.75, 3.05) is 5.73 Å². The van der Waals surface area contributed by atoms with Gasteiger partial charge in [0.15, 0.2) is 5.95 Å². The zero-order valence-corrected chi connectivity index (χ0v) is 17.4. The summed E-state index contributed by atoms with van der Waals surface area (Å²) >= 11 is 0. The maximum absolute atomic E-state index is 5.60. The molecule has 0 amide bonds. The molecule has 2 heterocycles. The van der Waals surface area contributed by atoms with E-state index in [-0.39, 0.29) is 0 Å². The SMILES string of the molecule is C/C(=C\c1ccc2ccccc2c1)Cn1cc(CCCCCc2cnc(N)[nH]2)nn1. The Morgan fingerprint density at radius 3 is 2.73 bits per heavy atom. The van der Waals surface area contributed by atoms with Gasteiger partial charge >= 0.3 is 0 Å². The highest BCUT2D eigenvalue weighted by molar-refractivity contribution is 5.84. The molecule has 4 aromatic rings. The predicted molar refractivity (Wildman–Crippen MR) is 122 cm³/mol. The predicted octanol–water partition coefficient (Wildman–Crippen LogP) is 4.80. The number of aryl methyl sites for hydroxylation is 2. The van der Waals surface area contributed by atoms with Crippen molar-refractivity contribution in [3.8, 4) is 0 Å². The number of nitrogen functional groups attached to an aromatic ring is 1. The van der Waals surface area contributed by atoms with Crippen LogP contribution in [0.5, 0.6) is 0 Å². The van der Waals surface area contributed by atoms with Gasteiger partial charge in [-0.1, -0.05) is 59.7 Å². The van der Waals surface area contributed by atoms with E-state index in [1.165, 1.54) is 21.9 Å². The lowest BCUT2D eigenvalue weighted by atomic mass is 10.1. The highest BCUT2D eigenvalue weighted by Crippen LogP contribution is 2.18. The molecule has 0 radical (unpaired) electrons. The van der Waals surface area contributed by atoms with Crippen molar-refractivity contribution >= 4 is 22.8 Å². The fourth-order valence-electron chi connectivity index (χ4n) is 3.72. The highest BCUT2D eigenvalue weighted by atomic mass is 15.4. The van der Waals surface area contributed by atoms with Crippen molar-refractivity contribution in [3.05, 3.63) is 77.4 Å². The van der Waals surface area contributed by atoms with Crippen LogP contribution in [0, 0.1) is 0 Å². The van der Waals surface area contributed by atoms with Crippen molar-refractivity contribution in [1.29, 1.82) is 0 Å². The van der Waals surface area contributed by atoms with Gasteiger partial charge in [-0.25, -0.2) is 9.67 Å². The van der Waals surface area contributed by atoms with E-state index in [9.17, 15) is 0 Å². The lowest BCUT2D eigenvalue weighted by molar-refractivity contribution is 0.642. The highest BCUT2D eigenvalue weighted by Gasteiger charge is 2.03. The van der Waals surface area contributed by atoms with E-state index in [2.05, 4.69) is 81.9 Å². The summed E-state index contributed by atoms with van der Waals surface area (Å²) in [6.45, 7) is 2.89. The Morgan fingerprint density at radius 1 is 1.07 bits per heavy atom. The molecule has 0 aliphatic heterocycles. The molecule has 0 aliphatic carbocycles. The summed E-state index contributed by atoms with van der Waals surface area (Å²) in [6, 6.07) is 15.0. The number of fused-ring (bicyclic) bond motifs is 1. The van der Waals surface area contributed by atoms with Gasteiger partial charge in [-0.3, -0.25) is 0 Å². The second-order valence-corrected chi connectivity index (χ2v) is 7.86. The number of aromatic amines is 1. The Morgan fingerprint density at radius 2 is 1.90 bits per heavy atom. The van der Waals surface area contributed by atoms with Gasteiger partial charge in [-0.05, 0) is 55.0 Å². The first-order valence-corrected chi connectivity index (χ1v) is 10.5. The van der Waals surface area contributed by atoms with E-state index in [4.69, 9.17) is 5.73 Å². The molecule has 2 aromatic heterocycles. The molecule has 0 bridgehead atoms. The van der Waals surface area contributed by atoms with Crippen LogP contribution in [0.2, 0.25) is 0 Å². The molecule has 3 N–H and O–H groups in total. The van der Waals surface area contributed by atoms with Gasteiger partial charge in [0, 0.05) is 11.9 Å². The lowest BCUT2D eigenvalue weighted by Gasteiger charge is -2.03. The van der Waals surface area contributed by atoms with E-state index >= 15 is 0 Å². The minimum absolute atomic E-state index is 0.492. The molecule has 0 saturated heterocycles. The summed E-state index contributed by atoms with van der Waals surface area (Å²) in [5, 5.41) is 11.2. The van der Waals surface area contributed by atoms with Crippen LogP contribution >= 0.6 is 0 Å². The fraction of sp³-hybridized carbons (Fsp3) is 0.292. The molecular formula is C24H28N6. The monoisotopic (exact) mass is 400 g/mol. The molecule has 6 nitrogen and oxygen atoms in total. The van der Waals surface area contributed by atoms with Gasteiger partial charge in [-0.15, -0.1) is 5.10 Å². The number of nitrogens with one attached hydrogen (secondary N) is 1. The molecule has 0 fully saturated rings. The fourth-order valence-corrected chi connectivity index (χ4v) is 3.72. The Kier molecular flexibility index (Phi) is 6.23. The Balaban J connectivity index is 1.25. The van der Waals surface area contributed by atoms with Crippen LogP contribution < -0.4 is 5.73 Å². The second kappa shape index (κ2) is 9.39. The number of hydrogen-bond donors (Lipinski definition) is 2. The number of anilines is 1. The van der Waals surface area contributed by atoms with E-state index in [1.54, 1.807) is 0 Å². The molecule has 4 rings (SSSR count). The van der Waals surface area contributed by atoms with E-state index in [1.807, 2.05) is 10.9 Å². The van der Waals surface area contributed by atoms with E-state index < -0.39 is 0 Å². The molecule has 0 atom stereocenters. The van der Waals surface area contributed by atoms with Gasteiger partial charge in [-0.2, -0.15) is 0 Å². The number of unbranched alkanes of at least 4 members (excludes halogenated alkanes) is 2. The summed E-state index contributed by atoms with van der Waals surface area (Å²) in [5.74, 6) is 0.492. The minimum Gasteiger partial charge on any atom is -0.369 e. The van der Waals surface area contributed by atoms with E-state index in [0.29, 0.717) is 5.95 Å². The number of hydrogen-bond acceptors (Lipinski definition) is 4. The molecule has 6 heteroatoms. The normalized spacial score (nSPS) is 12.0. The van der Waals surface area contributed by atoms with Crippen LogP contribution in [0.3, 0.4) is 0 Å². The summed E-state index contributed by atoms with van der Waals surface area (Å²) in [6.07, 6.45) is 11.4. The van der Waals surface area contributed by atoms with Gasteiger partial charge in [0.1, 0.15) is 0 Å². The molecular weight excluding hydrogens is 372 g/mol. The molecule has 0 aliphatic rings. The van der Waals surface area contributed by atoms with Crippen LogP contribution in [0.25, 0.3) is 16.8 Å². The quantitative estimate of drug-likeness (QED) is 0.395. The van der Waals surface area contributed by atoms with Crippen LogP contribution in [0.1, 0.15) is 43.1 Å².